The largest absolute Gasteiger partial charge is 0.507 e. The second kappa shape index (κ2) is 13.6. The van der Waals surface area contributed by atoms with Gasteiger partial charge in [0.15, 0.2) is 0 Å². The molecule has 0 atom stereocenters. The van der Waals surface area contributed by atoms with Crippen molar-refractivity contribution < 1.29 is 19.4 Å². The molecule has 0 amide bonds. The van der Waals surface area contributed by atoms with Gasteiger partial charge in [-0.05, 0) is 67.1 Å². The molecular formula is C29H30N2O4. The fourth-order valence-corrected chi connectivity index (χ4v) is 3.39. The molecule has 0 aliphatic carbocycles. The van der Waals surface area contributed by atoms with Crippen molar-refractivity contribution in [2.45, 2.75) is 45.4 Å². The van der Waals surface area contributed by atoms with Gasteiger partial charge in [-0.1, -0.05) is 39.0 Å². The third-order valence-corrected chi connectivity index (χ3v) is 5.42. The van der Waals surface area contributed by atoms with Crippen molar-refractivity contribution in [1.82, 2.24) is 0 Å². The van der Waals surface area contributed by atoms with Crippen LogP contribution in [0.5, 0.6) is 17.2 Å². The van der Waals surface area contributed by atoms with E-state index in [0.29, 0.717) is 29.0 Å². The Hall–Kier alpha value is -4.11. The number of hydrogen-bond donors (Lipinski definition) is 1. The number of carbonyl (C=O) groups is 1. The van der Waals surface area contributed by atoms with Crippen LogP contribution in [0.3, 0.4) is 0 Å². The summed E-state index contributed by atoms with van der Waals surface area (Å²) in [6, 6.07) is 20.2. The van der Waals surface area contributed by atoms with E-state index in [-0.39, 0.29) is 11.5 Å². The zero-order chi connectivity index (χ0) is 24.9. The van der Waals surface area contributed by atoms with Gasteiger partial charge in [-0.15, -0.1) is 0 Å². The number of benzene rings is 3. The van der Waals surface area contributed by atoms with Crippen LogP contribution >= 0.6 is 0 Å². The lowest BCUT2D eigenvalue weighted by atomic mass is 10.1. The minimum absolute atomic E-state index is 0.0638. The second-order valence-corrected chi connectivity index (χ2v) is 8.17. The molecule has 0 aromatic heterocycles. The average molecular weight is 471 g/mol. The Bertz CT molecular complexity index is 1160. The highest BCUT2D eigenvalue weighted by Crippen LogP contribution is 2.24. The maximum atomic E-state index is 12.5. The molecular weight excluding hydrogens is 440 g/mol. The van der Waals surface area contributed by atoms with E-state index in [0.717, 1.165) is 18.6 Å². The minimum atomic E-state index is -0.522. The van der Waals surface area contributed by atoms with E-state index >= 15 is 0 Å². The summed E-state index contributed by atoms with van der Waals surface area (Å²) in [5.74, 6) is 0.363. The topological polar surface area (TPSA) is 91.9 Å². The fraction of sp³-hybridized carbons (Fsp3) is 0.276. The molecule has 0 saturated carbocycles. The second-order valence-electron chi connectivity index (χ2n) is 8.17. The third-order valence-electron chi connectivity index (χ3n) is 5.42. The van der Waals surface area contributed by atoms with Gasteiger partial charge in [0.2, 0.25) is 0 Å². The first-order valence-corrected chi connectivity index (χ1v) is 11.9. The molecule has 0 saturated heterocycles. The summed E-state index contributed by atoms with van der Waals surface area (Å²) in [5.41, 5.74) is 2.07. The number of aliphatic imine (C=N–C) groups is 1. The number of ether oxygens (including phenoxy) is 2. The van der Waals surface area contributed by atoms with E-state index in [1.165, 1.54) is 38.0 Å². The highest BCUT2D eigenvalue weighted by Gasteiger charge is 2.10. The first-order valence-electron chi connectivity index (χ1n) is 11.9. The van der Waals surface area contributed by atoms with Gasteiger partial charge in [-0.3, -0.25) is 4.99 Å². The van der Waals surface area contributed by atoms with Gasteiger partial charge in [0.05, 0.1) is 29.5 Å². The average Bonchev–Trinajstić information content (AvgIpc) is 2.88. The SMILES string of the molecule is CCCCCCCCOc1ccc(C(=O)Oc2ccc(C=Nc3ccc(C#N)cc3)c(O)c2)cc1. The Kier molecular flexibility index (Phi) is 9.89. The lowest BCUT2D eigenvalue weighted by molar-refractivity contribution is 0.0734. The van der Waals surface area contributed by atoms with Crippen molar-refractivity contribution in [2.75, 3.05) is 6.61 Å². The first-order chi connectivity index (χ1) is 17.1. The number of carbonyl (C=O) groups excluding carboxylic acids is 1. The van der Waals surface area contributed by atoms with Crippen LogP contribution in [0.15, 0.2) is 71.7 Å². The van der Waals surface area contributed by atoms with E-state index < -0.39 is 5.97 Å². The monoisotopic (exact) mass is 470 g/mol. The molecule has 0 bridgehead atoms. The molecule has 3 aromatic rings. The van der Waals surface area contributed by atoms with Crippen LogP contribution in [0.25, 0.3) is 0 Å². The normalized spacial score (nSPS) is 10.7. The summed E-state index contributed by atoms with van der Waals surface area (Å²) < 4.78 is 11.1. The van der Waals surface area contributed by atoms with Crippen molar-refractivity contribution in [1.29, 1.82) is 5.26 Å². The smallest absolute Gasteiger partial charge is 0.343 e. The molecule has 0 unspecified atom stereocenters. The van der Waals surface area contributed by atoms with Crippen molar-refractivity contribution in [3.63, 3.8) is 0 Å². The third kappa shape index (κ3) is 8.31. The summed E-state index contributed by atoms with van der Waals surface area (Å²) in [5, 5.41) is 19.1. The standard InChI is InChI=1S/C29H30N2O4/c1-2-3-4-5-6-7-18-34-26-15-10-23(11-16-26)29(33)35-27-17-12-24(28(32)19-27)21-31-25-13-8-22(20-30)9-14-25/h8-17,19,21,32H,2-7,18H2,1H3. The molecule has 1 N–H and O–H groups in total. The number of nitrogens with zero attached hydrogens (tertiary/aromatic N) is 2. The summed E-state index contributed by atoms with van der Waals surface area (Å²) in [6.07, 6.45) is 8.74. The number of hydrogen-bond acceptors (Lipinski definition) is 6. The maximum absolute atomic E-state index is 12.5. The van der Waals surface area contributed by atoms with Crippen molar-refractivity contribution >= 4 is 17.9 Å². The van der Waals surface area contributed by atoms with Crippen molar-refractivity contribution in [3.8, 4) is 23.3 Å². The number of esters is 1. The Morgan fingerprint density at radius 1 is 0.943 bits per heavy atom. The van der Waals surface area contributed by atoms with Gasteiger partial charge in [0.25, 0.3) is 0 Å². The van der Waals surface area contributed by atoms with Gasteiger partial charge in [0, 0.05) is 17.8 Å². The number of nitriles is 1. The van der Waals surface area contributed by atoms with Gasteiger partial charge in [0.1, 0.15) is 17.2 Å². The zero-order valence-electron chi connectivity index (χ0n) is 19.9. The van der Waals surface area contributed by atoms with Crippen molar-refractivity contribution in [3.05, 3.63) is 83.4 Å². The zero-order valence-corrected chi connectivity index (χ0v) is 19.9. The van der Waals surface area contributed by atoms with E-state index in [9.17, 15) is 9.90 Å². The van der Waals surface area contributed by atoms with Crippen molar-refractivity contribution in [2.24, 2.45) is 4.99 Å². The highest BCUT2D eigenvalue weighted by atomic mass is 16.5. The van der Waals surface area contributed by atoms with Crippen LogP contribution < -0.4 is 9.47 Å². The molecule has 180 valence electrons. The summed E-state index contributed by atoms with van der Waals surface area (Å²) >= 11 is 0. The molecule has 0 spiro atoms. The minimum Gasteiger partial charge on any atom is -0.507 e. The molecule has 35 heavy (non-hydrogen) atoms. The number of phenolic OH excluding ortho intramolecular Hbond substituents is 1. The number of unbranched alkanes of at least 4 members (excludes halogenated alkanes) is 5. The molecule has 0 heterocycles. The van der Waals surface area contributed by atoms with Crippen LogP contribution in [0, 0.1) is 11.3 Å². The summed E-state index contributed by atoms with van der Waals surface area (Å²) in [7, 11) is 0. The molecule has 0 aliphatic rings. The van der Waals surface area contributed by atoms with Crippen LogP contribution in [0.2, 0.25) is 0 Å². The number of phenols is 1. The first kappa shape index (κ1) is 25.5. The predicted molar refractivity (Wildman–Crippen MR) is 137 cm³/mol. The van der Waals surface area contributed by atoms with Gasteiger partial charge < -0.3 is 14.6 Å². The van der Waals surface area contributed by atoms with Crippen LogP contribution in [-0.2, 0) is 0 Å². The molecule has 6 heteroatoms. The lowest BCUT2D eigenvalue weighted by Crippen LogP contribution is -2.08. The fourth-order valence-electron chi connectivity index (χ4n) is 3.39. The van der Waals surface area contributed by atoms with E-state index in [2.05, 4.69) is 18.0 Å². The van der Waals surface area contributed by atoms with E-state index in [4.69, 9.17) is 14.7 Å². The number of rotatable bonds is 12. The molecule has 3 rings (SSSR count). The number of aromatic hydroxyl groups is 1. The molecule has 0 aliphatic heterocycles. The molecule has 3 aromatic carbocycles. The lowest BCUT2D eigenvalue weighted by Gasteiger charge is -2.08. The van der Waals surface area contributed by atoms with Gasteiger partial charge in [-0.2, -0.15) is 5.26 Å². The van der Waals surface area contributed by atoms with Crippen LogP contribution in [0.4, 0.5) is 5.69 Å². The quantitative estimate of drug-likeness (QED) is 0.133. The predicted octanol–water partition coefficient (Wildman–Crippen LogP) is 6.97. The van der Waals surface area contributed by atoms with E-state index in [1.807, 2.05) is 0 Å². The maximum Gasteiger partial charge on any atom is 0.343 e. The van der Waals surface area contributed by atoms with Gasteiger partial charge in [-0.25, -0.2) is 4.79 Å². The molecule has 0 fully saturated rings. The molecule has 0 radical (unpaired) electrons. The summed E-state index contributed by atoms with van der Waals surface area (Å²) in [4.78, 5) is 16.8. The van der Waals surface area contributed by atoms with Crippen LogP contribution in [-0.4, -0.2) is 23.9 Å². The summed E-state index contributed by atoms with van der Waals surface area (Å²) in [6.45, 7) is 2.87. The Balaban J connectivity index is 1.49. The van der Waals surface area contributed by atoms with Gasteiger partial charge >= 0.3 is 5.97 Å². The Morgan fingerprint density at radius 2 is 1.63 bits per heavy atom. The van der Waals surface area contributed by atoms with E-state index in [1.54, 1.807) is 60.7 Å². The van der Waals surface area contributed by atoms with Crippen LogP contribution in [0.1, 0.15) is 66.9 Å². The molecule has 6 nitrogen and oxygen atoms in total. The highest BCUT2D eigenvalue weighted by molar-refractivity contribution is 5.91. The Morgan fingerprint density at radius 3 is 2.31 bits per heavy atom. The Labute approximate surface area is 206 Å².